The van der Waals surface area contributed by atoms with Gasteiger partial charge in [-0.2, -0.15) is 5.10 Å². The first kappa shape index (κ1) is 25.8. The minimum atomic E-state index is -0.544. The average molecular weight is 522 g/mol. The summed E-state index contributed by atoms with van der Waals surface area (Å²) >= 11 is 0. The number of pyridine rings is 1. The summed E-state index contributed by atoms with van der Waals surface area (Å²) in [6.45, 7) is 7.72. The molecule has 5 rings (SSSR count). The third-order valence-corrected chi connectivity index (χ3v) is 6.79. The van der Waals surface area contributed by atoms with Crippen LogP contribution in [0.5, 0.6) is 0 Å². The minimum absolute atomic E-state index is 0.109. The second-order valence-electron chi connectivity index (χ2n) is 9.54. The highest BCUT2D eigenvalue weighted by atomic mass is 16.2. The highest BCUT2D eigenvalue weighted by Gasteiger charge is 2.25. The molecule has 1 aliphatic heterocycles. The van der Waals surface area contributed by atoms with E-state index in [4.69, 9.17) is 5.73 Å². The number of rotatable bonds is 7. The molecule has 0 aliphatic carbocycles. The number of amides is 1. The van der Waals surface area contributed by atoms with E-state index in [1.807, 2.05) is 61.5 Å². The molecule has 4 aromatic rings. The molecule has 0 spiro atoms. The minimum Gasteiger partial charge on any atom is -0.381 e. The number of anilines is 2. The quantitative estimate of drug-likeness (QED) is 0.219. The molecule has 5 N–H and O–H groups in total. The van der Waals surface area contributed by atoms with Crippen LogP contribution in [0.25, 0.3) is 16.5 Å². The number of para-hydroxylation sites is 1. The number of hydrogen-bond acceptors (Lipinski definition) is 6. The summed E-state index contributed by atoms with van der Waals surface area (Å²) in [4.78, 5) is 27.6. The Hall–Kier alpha value is -4.81. The number of nitrogens with zero attached hydrogens (tertiary/aromatic N) is 3. The van der Waals surface area contributed by atoms with Gasteiger partial charge in [-0.1, -0.05) is 48.2 Å². The Morgan fingerprint density at radius 1 is 1.26 bits per heavy atom. The van der Waals surface area contributed by atoms with Gasteiger partial charge < -0.3 is 21.7 Å². The van der Waals surface area contributed by atoms with Crippen LogP contribution in [0, 0.1) is 17.8 Å². The number of fused-ring (bicyclic) bond motifs is 1. The number of carbonyl (C=O) groups is 1. The van der Waals surface area contributed by atoms with Crippen molar-refractivity contribution in [1.82, 2.24) is 25.0 Å². The molecule has 9 heteroatoms. The summed E-state index contributed by atoms with van der Waals surface area (Å²) in [5, 5.41) is 14.9. The molecule has 1 saturated heterocycles. The van der Waals surface area contributed by atoms with Crippen molar-refractivity contribution in [1.29, 1.82) is 0 Å². The van der Waals surface area contributed by atoms with E-state index in [1.54, 1.807) is 17.7 Å². The summed E-state index contributed by atoms with van der Waals surface area (Å²) in [5.74, 6) is 6.99. The van der Waals surface area contributed by atoms with Crippen LogP contribution in [-0.2, 0) is 7.05 Å². The van der Waals surface area contributed by atoms with Crippen molar-refractivity contribution in [2.75, 3.05) is 30.7 Å². The Kier molecular flexibility index (Phi) is 7.21. The van der Waals surface area contributed by atoms with Crippen LogP contribution in [0.1, 0.15) is 34.6 Å². The molecule has 0 saturated carbocycles. The predicted molar refractivity (Wildman–Crippen MR) is 155 cm³/mol. The predicted octanol–water partition coefficient (Wildman–Crippen LogP) is 2.97. The summed E-state index contributed by atoms with van der Waals surface area (Å²) in [7, 11) is 1.71. The maximum atomic E-state index is 14.1. The standard InChI is InChI=1S/C30H31N7O2/c1-4-15-33-28-26(27(31)35-36(28)3)29(38)34-19(2)24-16-22-10-8-9-21(14-13-20-17-32-18-20)25(22)30(39)37(24)23-11-6-5-7-12-23/h4-12,16,19-20,32-33H,1,15,17-18H2,2-3H3,(H2,31,35)(H,34,38). The highest BCUT2D eigenvalue weighted by molar-refractivity contribution is 6.03. The van der Waals surface area contributed by atoms with Gasteiger partial charge in [-0.05, 0) is 36.6 Å². The maximum Gasteiger partial charge on any atom is 0.264 e. The molecule has 1 fully saturated rings. The first-order valence-corrected chi connectivity index (χ1v) is 12.8. The molecule has 198 valence electrons. The largest absolute Gasteiger partial charge is 0.381 e. The van der Waals surface area contributed by atoms with Crippen molar-refractivity contribution in [2.45, 2.75) is 13.0 Å². The first-order chi connectivity index (χ1) is 18.9. The first-order valence-electron chi connectivity index (χ1n) is 12.8. The van der Waals surface area contributed by atoms with Crippen LogP contribution in [0.4, 0.5) is 11.6 Å². The Labute approximate surface area is 226 Å². The van der Waals surface area contributed by atoms with E-state index in [9.17, 15) is 9.59 Å². The number of carbonyl (C=O) groups excluding carboxylic acids is 1. The summed E-state index contributed by atoms with van der Waals surface area (Å²) < 4.78 is 3.17. The van der Waals surface area contributed by atoms with E-state index in [0.717, 1.165) is 18.5 Å². The number of nitrogens with two attached hydrogens (primary N) is 1. The Morgan fingerprint density at radius 3 is 2.72 bits per heavy atom. The van der Waals surface area contributed by atoms with Gasteiger partial charge >= 0.3 is 0 Å². The molecule has 0 bridgehead atoms. The highest BCUT2D eigenvalue weighted by Crippen LogP contribution is 2.26. The van der Waals surface area contributed by atoms with E-state index in [2.05, 4.69) is 39.5 Å². The van der Waals surface area contributed by atoms with Gasteiger partial charge in [0.05, 0.1) is 11.4 Å². The maximum absolute atomic E-state index is 14.1. The van der Waals surface area contributed by atoms with Crippen LogP contribution in [-0.4, -0.2) is 39.9 Å². The van der Waals surface area contributed by atoms with Crippen molar-refractivity contribution < 1.29 is 4.79 Å². The monoisotopic (exact) mass is 521 g/mol. The topological polar surface area (TPSA) is 119 Å². The third-order valence-electron chi connectivity index (χ3n) is 6.79. The van der Waals surface area contributed by atoms with Crippen molar-refractivity contribution in [2.24, 2.45) is 13.0 Å². The lowest BCUT2D eigenvalue weighted by Crippen LogP contribution is -2.40. The summed E-state index contributed by atoms with van der Waals surface area (Å²) in [5.41, 5.74) is 8.16. The van der Waals surface area contributed by atoms with Gasteiger partial charge in [0.25, 0.3) is 11.5 Å². The molecule has 0 radical (unpaired) electrons. The second-order valence-corrected chi connectivity index (χ2v) is 9.54. The number of aryl methyl sites for hydroxylation is 1. The lowest BCUT2D eigenvalue weighted by atomic mass is 10.0. The van der Waals surface area contributed by atoms with Crippen LogP contribution in [0.3, 0.4) is 0 Å². The fraction of sp³-hybridized carbons (Fsp3) is 0.233. The van der Waals surface area contributed by atoms with Gasteiger partial charge in [-0.25, -0.2) is 0 Å². The van der Waals surface area contributed by atoms with Gasteiger partial charge in [0.2, 0.25) is 0 Å². The molecule has 9 nitrogen and oxygen atoms in total. The number of nitrogen functional groups attached to an aromatic ring is 1. The van der Waals surface area contributed by atoms with Crippen LogP contribution in [0.15, 0.2) is 72.0 Å². The van der Waals surface area contributed by atoms with Crippen molar-refractivity contribution in [3.05, 3.63) is 94.4 Å². The normalized spacial score (nSPS) is 13.7. The zero-order chi connectivity index (χ0) is 27.5. The smallest absolute Gasteiger partial charge is 0.264 e. The molecule has 2 aromatic heterocycles. The molecule has 3 heterocycles. The van der Waals surface area contributed by atoms with Gasteiger partial charge in [0.15, 0.2) is 5.82 Å². The van der Waals surface area contributed by atoms with Crippen LogP contribution in [0.2, 0.25) is 0 Å². The molecule has 1 aliphatic rings. The average Bonchev–Trinajstić information content (AvgIpc) is 3.19. The lowest BCUT2D eigenvalue weighted by molar-refractivity contribution is 0.0940. The SMILES string of the molecule is C=CCNc1c(C(=O)NC(C)c2cc3cccc(C#CC4CNC4)c3c(=O)n2-c2ccccc2)c(N)nn1C. The molecule has 2 aromatic carbocycles. The Morgan fingerprint density at radius 2 is 2.03 bits per heavy atom. The summed E-state index contributed by atoms with van der Waals surface area (Å²) in [6, 6.07) is 16.5. The fourth-order valence-corrected chi connectivity index (χ4v) is 4.70. The van der Waals surface area contributed by atoms with E-state index in [0.29, 0.717) is 34.7 Å². The lowest BCUT2D eigenvalue weighted by Gasteiger charge is -2.22. The Balaban J connectivity index is 1.60. The Bertz CT molecular complexity index is 1670. The van der Waals surface area contributed by atoms with Gasteiger partial charge in [0.1, 0.15) is 11.4 Å². The number of aromatic nitrogens is 3. The molecule has 1 unspecified atom stereocenters. The van der Waals surface area contributed by atoms with Crippen molar-refractivity contribution in [3.8, 4) is 17.5 Å². The van der Waals surface area contributed by atoms with E-state index in [-0.39, 0.29) is 22.9 Å². The number of nitrogens with one attached hydrogen (secondary N) is 3. The molecule has 1 amide bonds. The zero-order valence-electron chi connectivity index (χ0n) is 22.0. The summed E-state index contributed by atoms with van der Waals surface area (Å²) in [6.07, 6.45) is 1.68. The molecular formula is C30H31N7O2. The van der Waals surface area contributed by atoms with Crippen molar-refractivity contribution in [3.63, 3.8) is 0 Å². The number of benzene rings is 2. The fourth-order valence-electron chi connectivity index (χ4n) is 4.70. The second kappa shape index (κ2) is 10.9. The van der Waals surface area contributed by atoms with E-state index < -0.39 is 11.9 Å². The third kappa shape index (κ3) is 5.02. The number of hydrogen-bond donors (Lipinski definition) is 4. The van der Waals surface area contributed by atoms with Gasteiger partial charge in [-0.3, -0.25) is 18.8 Å². The molecular weight excluding hydrogens is 490 g/mol. The van der Waals surface area contributed by atoms with Crippen molar-refractivity contribution >= 4 is 28.3 Å². The van der Waals surface area contributed by atoms with Crippen LogP contribution >= 0.6 is 0 Å². The van der Waals surface area contributed by atoms with E-state index in [1.165, 1.54) is 4.68 Å². The molecule has 39 heavy (non-hydrogen) atoms. The van der Waals surface area contributed by atoms with Crippen LogP contribution < -0.4 is 27.2 Å². The van der Waals surface area contributed by atoms with Gasteiger partial charge in [-0.15, -0.1) is 6.58 Å². The zero-order valence-corrected chi connectivity index (χ0v) is 22.0. The van der Waals surface area contributed by atoms with Gasteiger partial charge in [0, 0.05) is 49.5 Å². The van der Waals surface area contributed by atoms with E-state index >= 15 is 0 Å². The molecule has 1 atom stereocenters.